The summed E-state index contributed by atoms with van der Waals surface area (Å²) in [6.07, 6.45) is -0.452. The number of carbonyl (C=O) groups is 1. The Morgan fingerprint density at radius 1 is 1.14 bits per heavy atom. The number of alkyl halides is 3. The molecule has 186 valence electrons. The predicted molar refractivity (Wildman–Crippen MR) is 122 cm³/mol. The van der Waals surface area contributed by atoms with Gasteiger partial charge in [0.05, 0.1) is 23.8 Å². The fourth-order valence-electron chi connectivity index (χ4n) is 4.55. The average molecular weight is 490 g/mol. The molecule has 12 heteroatoms. The van der Waals surface area contributed by atoms with Crippen LogP contribution in [0.25, 0.3) is 22.4 Å². The van der Waals surface area contributed by atoms with E-state index in [0.29, 0.717) is 42.0 Å². The standard InChI is InChI=1S/C23H25F3N6O3/c24-23(25,26)13-32-22-18(10-27-32)21(31-11-16-7-8-17(12-31)35-16)29-20(30-22)14-3-5-15(6-4-14)28-19(34)2-1-9-33/h3-6,10,16-17,33H,1-2,7-9,11-13H2,(H,28,34). The van der Waals surface area contributed by atoms with Gasteiger partial charge in [-0.15, -0.1) is 0 Å². The van der Waals surface area contributed by atoms with Crippen LogP contribution in [0.1, 0.15) is 25.7 Å². The molecule has 5 rings (SSSR count). The van der Waals surface area contributed by atoms with Crippen molar-refractivity contribution in [3.05, 3.63) is 30.5 Å². The van der Waals surface area contributed by atoms with Crippen LogP contribution in [0.2, 0.25) is 0 Å². The monoisotopic (exact) mass is 490 g/mol. The van der Waals surface area contributed by atoms with E-state index in [-0.39, 0.29) is 42.6 Å². The highest BCUT2D eigenvalue weighted by Crippen LogP contribution is 2.34. The first kappa shape index (κ1) is 23.5. The number of halogens is 3. The van der Waals surface area contributed by atoms with Gasteiger partial charge in [0.2, 0.25) is 5.91 Å². The molecule has 1 amide bonds. The van der Waals surface area contributed by atoms with Gasteiger partial charge in [-0.1, -0.05) is 0 Å². The van der Waals surface area contributed by atoms with Gasteiger partial charge in [0, 0.05) is 37.4 Å². The Kier molecular flexibility index (Phi) is 6.32. The molecule has 35 heavy (non-hydrogen) atoms. The number of carbonyl (C=O) groups excluding carboxylic acids is 1. The maximum Gasteiger partial charge on any atom is 0.408 e. The van der Waals surface area contributed by atoms with Crippen molar-refractivity contribution in [3.8, 4) is 11.4 Å². The normalized spacial score (nSPS) is 19.9. The summed E-state index contributed by atoms with van der Waals surface area (Å²) in [5.74, 6) is 0.596. The minimum absolute atomic E-state index is 0.0654. The largest absolute Gasteiger partial charge is 0.408 e. The lowest BCUT2D eigenvalue weighted by atomic mass is 10.1. The van der Waals surface area contributed by atoms with E-state index < -0.39 is 12.7 Å². The number of hydrogen-bond donors (Lipinski definition) is 2. The summed E-state index contributed by atoms with van der Waals surface area (Å²) in [5, 5.41) is 16.0. The molecule has 2 aromatic heterocycles. The first-order chi connectivity index (χ1) is 16.8. The topological polar surface area (TPSA) is 105 Å². The Morgan fingerprint density at radius 2 is 1.86 bits per heavy atom. The SMILES string of the molecule is O=C(CCCO)Nc1ccc(-c2nc(N3CC4CCC(C3)O4)c3cnn(CC(F)(F)F)c3n2)cc1. The number of rotatable bonds is 7. The van der Waals surface area contributed by atoms with Gasteiger partial charge in [0.25, 0.3) is 0 Å². The Labute approximate surface area is 198 Å². The van der Waals surface area contributed by atoms with E-state index in [1.165, 1.54) is 6.20 Å². The zero-order chi connectivity index (χ0) is 24.6. The minimum atomic E-state index is -4.45. The molecule has 2 aliphatic rings. The van der Waals surface area contributed by atoms with Gasteiger partial charge in [-0.3, -0.25) is 4.79 Å². The maximum absolute atomic E-state index is 13.2. The van der Waals surface area contributed by atoms with Gasteiger partial charge in [-0.2, -0.15) is 18.3 Å². The zero-order valence-electron chi connectivity index (χ0n) is 18.8. The molecule has 9 nitrogen and oxygen atoms in total. The van der Waals surface area contributed by atoms with Gasteiger partial charge in [0.15, 0.2) is 11.5 Å². The van der Waals surface area contributed by atoms with Crippen molar-refractivity contribution in [2.24, 2.45) is 0 Å². The minimum Gasteiger partial charge on any atom is -0.396 e. The second-order valence-electron chi connectivity index (χ2n) is 8.84. The number of benzene rings is 1. The number of anilines is 2. The molecular weight excluding hydrogens is 465 g/mol. The number of fused-ring (bicyclic) bond motifs is 3. The Hall–Kier alpha value is -3.25. The predicted octanol–water partition coefficient (Wildman–Crippen LogP) is 3.13. The van der Waals surface area contributed by atoms with Crippen LogP contribution in [-0.4, -0.2) is 68.8 Å². The van der Waals surface area contributed by atoms with E-state index in [1.54, 1.807) is 24.3 Å². The Morgan fingerprint density at radius 3 is 2.51 bits per heavy atom. The molecule has 2 bridgehead atoms. The van der Waals surface area contributed by atoms with E-state index in [4.69, 9.17) is 14.8 Å². The van der Waals surface area contributed by atoms with E-state index in [1.807, 2.05) is 0 Å². The molecule has 3 aromatic rings. The molecule has 4 heterocycles. The molecular formula is C23H25F3N6O3. The van der Waals surface area contributed by atoms with Crippen molar-refractivity contribution >= 4 is 28.4 Å². The van der Waals surface area contributed by atoms with Crippen molar-refractivity contribution < 1.29 is 27.8 Å². The van der Waals surface area contributed by atoms with Crippen LogP contribution < -0.4 is 10.2 Å². The van der Waals surface area contributed by atoms with Crippen molar-refractivity contribution in [2.45, 2.75) is 50.6 Å². The zero-order valence-corrected chi connectivity index (χ0v) is 18.8. The third kappa shape index (κ3) is 5.22. The van der Waals surface area contributed by atoms with E-state index in [9.17, 15) is 18.0 Å². The van der Waals surface area contributed by atoms with Crippen LogP contribution in [0, 0.1) is 0 Å². The molecule has 2 N–H and O–H groups in total. The first-order valence-electron chi connectivity index (χ1n) is 11.5. The van der Waals surface area contributed by atoms with Gasteiger partial charge in [-0.25, -0.2) is 14.6 Å². The van der Waals surface area contributed by atoms with E-state index in [0.717, 1.165) is 17.5 Å². The fraction of sp³-hybridized carbons (Fsp3) is 0.478. The lowest BCUT2D eigenvalue weighted by molar-refractivity contribution is -0.141. The second-order valence-corrected chi connectivity index (χ2v) is 8.84. The highest BCUT2D eigenvalue weighted by Gasteiger charge is 2.36. The quantitative estimate of drug-likeness (QED) is 0.524. The fourth-order valence-corrected chi connectivity index (χ4v) is 4.55. The summed E-state index contributed by atoms with van der Waals surface area (Å²) in [7, 11) is 0. The number of amides is 1. The average Bonchev–Trinajstić information content (AvgIpc) is 3.38. The number of nitrogens with zero attached hydrogens (tertiary/aromatic N) is 5. The van der Waals surface area contributed by atoms with Crippen LogP contribution in [-0.2, 0) is 16.1 Å². The lowest BCUT2D eigenvalue weighted by Crippen LogP contribution is -2.43. The van der Waals surface area contributed by atoms with Crippen LogP contribution >= 0.6 is 0 Å². The molecule has 0 spiro atoms. The number of nitrogens with one attached hydrogen (secondary N) is 1. The van der Waals surface area contributed by atoms with Gasteiger partial charge < -0.3 is 20.1 Å². The summed E-state index contributed by atoms with van der Waals surface area (Å²) < 4.78 is 46.3. The summed E-state index contributed by atoms with van der Waals surface area (Å²) in [4.78, 5) is 23.1. The lowest BCUT2D eigenvalue weighted by Gasteiger charge is -2.33. The van der Waals surface area contributed by atoms with Crippen LogP contribution in [0.3, 0.4) is 0 Å². The number of morpholine rings is 1. The maximum atomic E-state index is 13.2. The molecule has 0 radical (unpaired) electrons. The number of ether oxygens (including phenoxy) is 1. The molecule has 0 saturated carbocycles. The van der Waals surface area contributed by atoms with Crippen LogP contribution in [0.15, 0.2) is 30.5 Å². The first-order valence-corrected chi connectivity index (χ1v) is 11.5. The smallest absolute Gasteiger partial charge is 0.396 e. The van der Waals surface area contributed by atoms with E-state index >= 15 is 0 Å². The summed E-state index contributed by atoms with van der Waals surface area (Å²) in [6.45, 7) is -0.111. The van der Waals surface area contributed by atoms with Crippen molar-refractivity contribution in [3.63, 3.8) is 0 Å². The number of aliphatic hydroxyl groups is 1. The molecule has 2 atom stereocenters. The Bertz CT molecular complexity index is 1200. The molecule has 2 unspecified atom stereocenters. The number of aliphatic hydroxyl groups excluding tert-OH is 1. The van der Waals surface area contributed by atoms with Gasteiger partial charge >= 0.3 is 6.18 Å². The van der Waals surface area contributed by atoms with E-state index in [2.05, 4.69) is 20.3 Å². The third-order valence-electron chi connectivity index (χ3n) is 6.14. The highest BCUT2D eigenvalue weighted by atomic mass is 19.4. The van der Waals surface area contributed by atoms with Gasteiger partial charge in [-0.05, 0) is 43.5 Å². The third-order valence-corrected chi connectivity index (χ3v) is 6.14. The highest BCUT2D eigenvalue weighted by molar-refractivity contribution is 5.91. The molecule has 2 fully saturated rings. The van der Waals surface area contributed by atoms with Crippen LogP contribution in [0.5, 0.6) is 0 Å². The summed E-state index contributed by atoms with van der Waals surface area (Å²) in [6, 6.07) is 6.78. The van der Waals surface area contributed by atoms with Crippen molar-refractivity contribution in [1.82, 2.24) is 19.7 Å². The number of aromatic nitrogens is 4. The molecule has 2 saturated heterocycles. The second kappa shape index (κ2) is 9.42. The van der Waals surface area contributed by atoms with Crippen LogP contribution in [0.4, 0.5) is 24.7 Å². The molecule has 1 aromatic carbocycles. The Balaban J connectivity index is 1.50. The summed E-state index contributed by atoms with van der Waals surface area (Å²) >= 11 is 0. The number of hydrogen-bond acceptors (Lipinski definition) is 7. The summed E-state index contributed by atoms with van der Waals surface area (Å²) in [5.41, 5.74) is 1.27. The molecule has 0 aliphatic carbocycles. The van der Waals surface area contributed by atoms with Crippen molar-refractivity contribution in [1.29, 1.82) is 0 Å². The van der Waals surface area contributed by atoms with Crippen molar-refractivity contribution in [2.75, 3.05) is 29.9 Å². The van der Waals surface area contributed by atoms with Gasteiger partial charge in [0.1, 0.15) is 12.4 Å². The molecule has 2 aliphatic heterocycles.